The standard InChI is InChI=1S/C27H26ClF3N4O4/c28-16-4-6-17(7-5-16)33-25(37)19-12-27(39,15-32-14-23(30)31)13-20(19)26(38)34-22-9-8-18(11-21(22)29)35-10-2-1-3-24(35)36/h1-11,19-20,23,32,39H,12-15H2,(H,33,37)(H,34,38). The van der Waals surface area contributed by atoms with Gasteiger partial charge in [0.1, 0.15) is 5.82 Å². The summed E-state index contributed by atoms with van der Waals surface area (Å²) in [5.41, 5.74) is -1.52. The molecule has 3 aromatic rings. The van der Waals surface area contributed by atoms with Gasteiger partial charge in [0.2, 0.25) is 11.8 Å². The Hall–Kier alpha value is -3.67. The number of nitrogens with one attached hydrogen (secondary N) is 3. The Balaban J connectivity index is 1.53. The Morgan fingerprint density at radius 2 is 1.69 bits per heavy atom. The monoisotopic (exact) mass is 562 g/mol. The average Bonchev–Trinajstić information content (AvgIpc) is 3.24. The quantitative estimate of drug-likeness (QED) is 0.317. The van der Waals surface area contributed by atoms with Crippen molar-refractivity contribution >= 4 is 34.8 Å². The largest absolute Gasteiger partial charge is 0.389 e. The van der Waals surface area contributed by atoms with Gasteiger partial charge in [-0.25, -0.2) is 13.2 Å². The van der Waals surface area contributed by atoms with Gasteiger partial charge in [0, 0.05) is 35.6 Å². The number of pyridine rings is 1. The second-order valence-electron chi connectivity index (χ2n) is 9.43. The molecule has 0 saturated heterocycles. The van der Waals surface area contributed by atoms with Crippen molar-refractivity contribution in [3.05, 3.63) is 88.1 Å². The highest BCUT2D eigenvalue weighted by Gasteiger charge is 2.50. The first-order valence-electron chi connectivity index (χ1n) is 12.1. The summed E-state index contributed by atoms with van der Waals surface area (Å²) in [6, 6.07) is 14.6. The fourth-order valence-electron chi connectivity index (χ4n) is 4.69. The minimum absolute atomic E-state index is 0.181. The van der Waals surface area contributed by atoms with Gasteiger partial charge >= 0.3 is 0 Å². The zero-order chi connectivity index (χ0) is 28.2. The summed E-state index contributed by atoms with van der Waals surface area (Å²) in [7, 11) is 0. The van der Waals surface area contributed by atoms with Crippen molar-refractivity contribution in [3.63, 3.8) is 0 Å². The van der Waals surface area contributed by atoms with Gasteiger partial charge in [0.25, 0.3) is 12.0 Å². The Kier molecular flexibility index (Phi) is 8.73. The Bertz CT molecular complexity index is 1400. The molecule has 12 heteroatoms. The van der Waals surface area contributed by atoms with E-state index in [0.29, 0.717) is 10.7 Å². The summed E-state index contributed by atoms with van der Waals surface area (Å²) >= 11 is 5.88. The number of benzene rings is 2. The molecule has 4 N–H and O–H groups in total. The maximum absolute atomic E-state index is 14.9. The molecule has 1 fully saturated rings. The highest BCUT2D eigenvalue weighted by molar-refractivity contribution is 6.30. The van der Waals surface area contributed by atoms with Crippen LogP contribution in [0.3, 0.4) is 0 Å². The van der Waals surface area contributed by atoms with E-state index in [1.165, 1.54) is 29.0 Å². The summed E-state index contributed by atoms with van der Waals surface area (Å²) in [5.74, 6) is -4.23. The molecule has 2 aromatic carbocycles. The molecule has 3 atom stereocenters. The fraction of sp³-hybridized carbons (Fsp3) is 0.296. The normalized spacial score (nSPS) is 20.7. The van der Waals surface area contributed by atoms with Gasteiger partial charge in [-0.05, 0) is 55.3 Å². The first kappa shape index (κ1) is 28.3. The minimum atomic E-state index is -2.64. The van der Waals surface area contributed by atoms with Crippen LogP contribution in [-0.4, -0.2) is 46.6 Å². The number of aromatic nitrogens is 1. The summed E-state index contributed by atoms with van der Waals surface area (Å²) in [4.78, 5) is 38.5. The topological polar surface area (TPSA) is 112 Å². The van der Waals surface area contributed by atoms with Crippen molar-refractivity contribution in [2.24, 2.45) is 11.8 Å². The first-order chi connectivity index (χ1) is 18.5. The SMILES string of the molecule is O=C(Nc1ccc(Cl)cc1)C1CC(O)(CNCC(F)F)CC1C(=O)Nc1ccc(-n2ccccc2=O)cc1F. The minimum Gasteiger partial charge on any atom is -0.389 e. The van der Waals surface area contributed by atoms with Crippen molar-refractivity contribution in [2.75, 3.05) is 23.7 Å². The number of hydrogen-bond acceptors (Lipinski definition) is 5. The third-order valence-electron chi connectivity index (χ3n) is 6.53. The molecule has 39 heavy (non-hydrogen) atoms. The van der Waals surface area contributed by atoms with Crippen LogP contribution in [0.4, 0.5) is 24.5 Å². The number of amides is 2. The van der Waals surface area contributed by atoms with E-state index in [2.05, 4.69) is 16.0 Å². The van der Waals surface area contributed by atoms with Gasteiger partial charge in [0.05, 0.1) is 35.4 Å². The molecule has 3 unspecified atom stereocenters. The van der Waals surface area contributed by atoms with E-state index >= 15 is 0 Å². The molecule has 1 aromatic heterocycles. The van der Waals surface area contributed by atoms with E-state index in [4.69, 9.17) is 11.6 Å². The zero-order valence-corrected chi connectivity index (χ0v) is 21.3. The summed E-state index contributed by atoms with van der Waals surface area (Å²) in [6.07, 6.45) is -1.57. The predicted octanol–water partition coefficient (Wildman–Crippen LogP) is 3.82. The highest BCUT2D eigenvalue weighted by atomic mass is 35.5. The van der Waals surface area contributed by atoms with Gasteiger partial charge in [-0.15, -0.1) is 0 Å². The lowest BCUT2D eigenvalue weighted by molar-refractivity contribution is -0.128. The van der Waals surface area contributed by atoms with Crippen molar-refractivity contribution in [2.45, 2.75) is 24.9 Å². The van der Waals surface area contributed by atoms with Crippen LogP contribution in [0.5, 0.6) is 0 Å². The maximum Gasteiger partial charge on any atom is 0.255 e. The lowest BCUT2D eigenvalue weighted by atomic mass is 9.94. The average molecular weight is 563 g/mol. The Labute approximate surface area is 226 Å². The summed E-state index contributed by atoms with van der Waals surface area (Å²) < 4.78 is 41.4. The number of rotatable bonds is 9. The molecule has 1 saturated carbocycles. The second kappa shape index (κ2) is 12.0. The lowest BCUT2D eigenvalue weighted by Crippen LogP contribution is -2.40. The molecular weight excluding hydrogens is 537 g/mol. The number of alkyl halides is 2. The van der Waals surface area contributed by atoms with Crippen LogP contribution in [0.25, 0.3) is 5.69 Å². The van der Waals surface area contributed by atoms with Crippen LogP contribution in [0.1, 0.15) is 12.8 Å². The molecule has 0 bridgehead atoms. The summed E-state index contributed by atoms with van der Waals surface area (Å²) in [5, 5.41) is 19.1. The van der Waals surface area contributed by atoms with Crippen molar-refractivity contribution in [1.82, 2.24) is 9.88 Å². The van der Waals surface area contributed by atoms with Gasteiger partial charge in [0.15, 0.2) is 0 Å². The number of carbonyl (C=O) groups excluding carboxylic acids is 2. The van der Waals surface area contributed by atoms with Crippen molar-refractivity contribution in [1.29, 1.82) is 0 Å². The molecule has 4 rings (SSSR count). The molecule has 2 amide bonds. The van der Waals surface area contributed by atoms with Crippen LogP contribution in [0, 0.1) is 17.7 Å². The number of hydrogen-bond donors (Lipinski definition) is 4. The van der Waals surface area contributed by atoms with Crippen molar-refractivity contribution < 1.29 is 27.9 Å². The number of anilines is 2. The number of nitrogens with zero attached hydrogens (tertiary/aromatic N) is 1. The number of halogens is 4. The van der Waals surface area contributed by atoms with Crippen LogP contribution in [0.15, 0.2) is 71.7 Å². The lowest BCUT2D eigenvalue weighted by Gasteiger charge is -2.23. The van der Waals surface area contributed by atoms with E-state index < -0.39 is 48.0 Å². The van der Waals surface area contributed by atoms with Crippen LogP contribution in [0.2, 0.25) is 5.02 Å². The van der Waals surface area contributed by atoms with Gasteiger partial charge in [-0.2, -0.15) is 0 Å². The zero-order valence-electron chi connectivity index (χ0n) is 20.5. The molecule has 0 radical (unpaired) electrons. The number of carbonyl (C=O) groups is 2. The van der Waals surface area contributed by atoms with E-state index in [1.807, 2.05) is 0 Å². The smallest absolute Gasteiger partial charge is 0.255 e. The van der Waals surface area contributed by atoms with E-state index in [-0.39, 0.29) is 36.3 Å². The van der Waals surface area contributed by atoms with Gasteiger partial charge in [-0.1, -0.05) is 17.7 Å². The van der Waals surface area contributed by atoms with Gasteiger partial charge in [-0.3, -0.25) is 19.0 Å². The van der Waals surface area contributed by atoms with Crippen LogP contribution in [-0.2, 0) is 9.59 Å². The molecular formula is C27H26ClF3N4O4. The highest BCUT2D eigenvalue weighted by Crippen LogP contribution is 2.41. The molecule has 8 nitrogen and oxygen atoms in total. The number of aliphatic hydroxyl groups is 1. The van der Waals surface area contributed by atoms with E-state index in [0.717, 1.165) is 6.07 Å². The predicted molar refractivity (Wildman–Crippen MR) is 141 cm³/mol. The molecule has 1 aliphatic carbocycles. The van der Waals surface area contributed by atoms with E-state index in [1.54, 1.807) is 36.4 Å². The second-order valence-corrected chi connectivity index (χ2v) is 9.86. The Morgan fingerprint density at radius 1 is 1.03 bits per heavy atom. The van der Waals surface area contributed by atoms with Crippen LogP contribution >= 0.6 is 11.6 Å². The molecule has 0 aliphatic heterocycles. The van der Waals surface area contributed by atoms with Crippen LogP contribution < -0.4 is 21.5 Å². The third-order valence-corrected chi connectivity index (χ3v) is 6.79. The first-order valence-corrected chi connectivity index (χ1v) is 12.5. The third kappa shape index (κ3) is 7.05. The molecule has 206 valence electrons. The fourth-order valence-corrected chi connectivity index (χ4v) is 4.81. The van der Waals surface area contributed by atoms with E-state index in [9.17, 15) is 32.7 Å². The molecule has 1 heterocycles. The molecule has 1 aliphatic rings. The van der Waals surface area contributed by atoms with Crippen molar-refractivity contribution in [3.8, 4) is 5.69 Å². The maximum atomic E-state index is 14.9. The molecule has 0 spiro atoms. The summed E-state index contributed by atoms with van der Waals surface area (Å²) in [6.45, 7) is -0.927. The van der Waals surface area contributed by atoms with Gasteiger partial charge < -0.3 is 21.1 Å². The Morgan fingerprint density at radius 3 is 2.31 bits per heavy atom.